The molecule has 0 aliphatic carbocycles. The highest BCUT2D eigenvalue weighted by Gasteiger charge is 2.18. The van der Waals surface area contributed by atoms with E-state index in [0.717, 1.165) is 4.68 Å². The van der Waals surface area contributed by atoms with Gasteiger partial charge in [0.25, 0.3) is 0 Å². The lowest BCUT2D eigenvalue weighted by Gasteiger charge is -2.08. The smallest absolute Gasteiger partial charge is 0.337 e. The molecule has 2 aromatic rings. The van der Waals surface area contributed by atoms with E-state index in [2.05, 4.69) is 25.0 Å². The van der Waals surface area contributed by atoms with Crippen LogP contribution in [0.4, 0.5) is 0 Å². The van der Waals surface area contributed by atoms with Gasteiger partial charge in [-0.2, -0.15) is 4.68 Å². The summed E-state index contributed by atoms with van der Waals surface area (Å²) < 4.78 is 10.4. The van der Waals surface area contributed by atoms with Crippen molar-refractivity contribution in [2.24, 2.45) is 0 Å². The summed E-state index contributed by atoms with van der Waals surface area (Å²) in [7, 11) is 2.39. The maximum absolute atomic E-state index is 11.7. The van der Waals surface area contributed by atoms with Gasteiger partial charge in [0.15, 0.2) is 5.82 Å². The van der Waals surface area contributed by atoms with Crippen molar-refractivity contribution in [3.05, 3.63) is 35.2 Å². The number of hydrogen-bond donors (Lipinski definition) is 1. The van der Waals surface area contributed by atoms with E-state index < -0.39 is 24.3 Å². The van der Waals surface area contributed by atoms with Crippen LogP contribution in [0.15, 0.2) is 18.2 Å². The second-order valence-electron chi connectivity index (χ2n) is 4.33. The standard InChI is InChI=1S/C13H12N4O6/c1-22-12(20)7-3-8(13(21)23-2)5-9(4-7)17-10(6-11(18)19)14-15-16-17/h3-5H,6H2,1-2H3,(H,18,19). The SMILES string of the molecule is COC(=O)c1cc(C(=O)OC)cc(-n2nnnc2CC(=O)O)c1. The molecule has 1 heterocycles. The Bertz CT molecular complexity index is 735. The van der Waals surface area contributed by atoms with E-state index in [-0.39, 0.29) is 22.6 Å². The minimum Gasteiger partial charge on any atom is -0.481 e. The zero-order chi connectivity index (χ0) is 17.0. The monoisotopic (exact) mass is 320 g/mol. The number of methoxy groups -OCH3 is 2. The number of hydrogen-bond acceptors (Lipinski definition) is 8. The number of aromatic nitrogens is 4. The van der Waals surface area contributed by atoms with Crippen LogP contribution in [0, 0.1) is 0 Å². The predicted molar refractivity (Wildman–Crippen MR) is 73.2 cm³/mol. The summed E-state index contributed by atoms with van der Waals surface area (Å²) in [5, 5.41) is 19.6. The van der Waals surface area contributed by atoms with Gasteiger partial charge in [-0.25, -0.2) is 9.59 Å². The number of ether oxygens (including phenoxy) is 2. The van der Waals surface area contributed by atoms with Gasteiger partial charge in [0.1, 0.15) is 6.42 Å². The molecule has 0 radical (unpaired) electrons. The van der Waals surface area contributed by atoms with Gasteiger partial charge in [0.05, 0.1) is 31.0 Å². The van der Waals surface area contributed by atoms with E-state index in [1.54, 1.807) is 0 Å². The Kier molecular flexibility index (Phi) is 4.64. The maximum Gasteiger partial charge on any atom is 0.337 e. The molecule has 0 saturated carbocycles. The molecule has 2 rings (SSSR count). The van der Waals surface area contributed by atoms with Crippen molar-refractivity contribution in [3.63, 3.8) is 0 Å². The normalized spacial score (nSPS) is 10.2. The number of esters is 2. The Morgan fingerprint density at radius 1 is 1.09 bits per heavy atom. The number of tetrazole rings is 1. The number of carbonyl (C=O) groups is 3. The fraction of sp³-hybridized carbons (Fsp3) is 0.231. The van der Waals surface area contributed by atoms with Gasteiger partial charge in [-0.3, -0.25) is 4.79 Å². The van der Waals surface area contributed by atoms with Crippen LogP contribution >= 0.6 is 0 Å². The van der Waals surface area contributed by atoms with Crippen molar-refractivity contribution in [2.45, 2.75) is 6.42 Å². The zero-order valence-corrected chi connectivity index (χ0v) is 12.2. The van der Waals surface area contributed by atoms with E-state index in [0.29, 0.717) is 0 Å². The van der Waals surface area contributed by atoms with Gasteiger partial charge >= 0.3 is 17.9 Å². The molecule has 1 aromatic carbocycles. The lowest BCUT2D eigenvalue weighted by atomic mass is 10.1. The summed E-state index contributed by atoms with van der Waals surface area (Å²) in [6.07, 6.45) is -0.428. The summed E-state index contributed by atoms with van der Waals surface area (Å²) >= 11 is 0. The Hall–Kier alpha value is -3.30. The average Bonchev–Trinajstić information content (AvgIpc) is 3.00. The molecule has 0 unspecified atom stereocenters. The number of carboxylic acid groups (broad SMARTS) is 1. The molecular weight excluding hydrogens is 308 g/mol. The first-order chi connectivity index (χ1) is 11.0. The van der Waals surface area contributed by atoms with Crippen molar-refractivity contribution >= 4 is 17.9 Å². The van der Waals surface area contributed by atoms with Crippen LogP contribution in [0.5, 0.6) is 0 Å². The minimum absolute atomic E-state index is 0.0373. The van der Waals surface area contributed by atoms with Crippen LogP contribution in [0.3, 0.4) is 0 Å². The van der Waals surface area contributed by atoms with Crippen molar-refractivity contribution in [1.82, 2.24) is 20.2 Å². The fourth-order valence-electron chi connectivity index (χ4n) is 1.86. The molecule has 10 heteroatoms. The molecule has 0 saturated heterocycles. The van der Waals surface area contributed by atoms with Crippen LogP contribution in [0.25, 0.3) is 5.69 Å². The van der Waals surface area contributed by atoms with Crippen LogP contribution in [-0.2, 0) is 20.7 Å². The first-order valence-electron chi connectivity index (χ1n) is 6.27. The lowest BCUT2D eigenvalue weighted by Crippen LogP contribution is -2.12. The lowest BCUT2D eigenvalue weighted by molar-refractivity contribution is -0.136. The van der Waals surface area contributed by atoms with Gasteiger partial charge in [0, 0.05) is 0 Å². The molecule has 0 aliphatic rings. The number of carboxylic acids is 1. The van der Waals surface area contributed by atoms with Crippen molar-refractivity contribution < 1.29 is 29.0 Å². The first-order valence-corrected chi connectivity index (χ1v) is 6.27. The molecule has 1 aromatic heterocycles. The molecule has 0 fully saturated rings. The van der Waals surface area contributed by atoms with Gasteiger partial charge < -0.3 is 14.6 Å². The molecule has 10 nitrogen and oxygen atoms in total. The van der Waals surface area contributed by atoms with E-state index in [9.17, 15) is 14.4 Å². The van der Waals surface area contributed by atoms with Crippen LogP contribution in [-0.4, -0.2) is 57.4 Å². The topological polar surface area (TPSA) is 134 Å². The third-order valence-electron chi connectivity index (χ3n) is 2.85. The molecule has 0 bridgehead atoms. The summed E-state index contributed by atoms with van der Waals surface area (Å²) in [6.45, 7) is 0. The Balaban J connectivity index is 2.57. The third-order valence-corrected chi connectivity index (χ3v) is 2.85. The van der Waals surface area contributed by atoms with Gasteiger partial charge in [0.2, 0.25) is 0 Å². The minimum atomic E-state index is -1.13. The maximum atomic E-state index is 11.7. The number of carbonyl (C=O) groups excluding carboxylic acids is 2. The molecule has 0 amide bonds. The Morgan fingerprint density at radius 3 is 2.13 bits per heavy atom. The van der Waals surface area contributed by atoms with Gasteiger partial charge in [-0.1, -0.05) is 0 Å². The van der Waals surface area contributed by atoms with E-state index in [1.165, 1.54) is 32.4 Å². The zero-order valence-electron chi connectivity index (χ0n) is 12.2. The molecule has 0 atom stereocenters. The van der Waals surface area contributed by atoms with Crippen molar-refractivity contribution in [3.8, 4) is 5.69 Å². The third kappa shape index (κ3) is 3.48. The van der Waals surface area contributed by atoms with Crippen LogP contribution in [0.1, 0.15) is 26.5 Å². The summed E-state index contributed by atoms with van der Waals surface area (Å²) in [6, 6.07) is 4.04. The number of benzene rings is 1. The number of rotatable bonds is 5. The Morgan fingerprint density at radius 2 is 1.65 bits per heavy atom. The van der Waals surface area contributed by atoms with E-state index >= 15 is 0 Å². The summed E-state index contributed by atoms with van der Waals surface area (Å²) in [4.78, 5) is 34.3. The van der Waals surface area contributed by atoms with Crippen molar-refractivity contribution in [1.29, 1.82) is 0 Å². The number of aliphatic carboxylic acids is 1. The molecule has 0 aliphatic heterocycles. The Labute approximate surface area is 129 Å². The van der Waals surface area contributed by atoms with Crippen molar-refractivity contribution in [2.75, 3.05) is 14.2 Å². The van der Waals surface area contributed by atoms with Crippen LogP contribution in [0.2, 0.25) is 0 Å². The number of nitrogens with zero attached hydrogens (tertiary/aromatic N) is 4. The van der Waals surface area contributed by atoms with Gasteiger partial charge in [-0.15, -0.1) is 5.10 Å². The van der Waals surface area contributed by atoms with E-state index in [4.69, 9.17) is 5.11 Å². The molecule has 0 spiro atoms. The molecular formula is C13H12N4O6. The highest BCUT2D eigenvalue weighted by molar-refractivity contribution is 5.96. The molecule has 1 N–H and O–H groups in total. The molecule has 23 heavy (non-hydrogen) atoms. The average molecular weight is 320 g/mol. The highest BCUT2D eigenvalue weighted by Crippen LogP contribution is 2.17. The first kappa shape index (κ1) is 16.1. The molecule has 120 valence electrons. The second kappa shape index (κ2) is 6.64. The van der Waals surface area contributed by atoms with Crippen LogP contribution < -0.4 is 0 Å². The highest BCUT2D eigenvalue weighted by atomic mass is 16.5. The summed E-state index contributed by atoms with van der Waals surface area (Å²) in [5.41, 5.74) is 0.374. The van der Waals surface area contributed by atoms with Gasteiger partial charge in [-0.05, 0) is 28.6 Å². The van der Waals surface area contributed by atoms with E-state index in [1.807, 2.05) is 0 Å². The largest absolute Gasteiger partial charge is 0.481 e. The summed E-state index contributed by atoms with van der Waals surface area (Å²) in [5.74, 6) is -2.44. The fourth-order valence-corrected chi connectivity index (χ4v) is 1.86. The predicted octanol–water partition coefficient (Wildman–Crippen LogP) is -0.137. The quantitative estimate of drug-likeness (QED) is 0.747. The second-order valence-corrected chi connectivity index (χ2v) is 4.33.